The quantitative estimate of drug-likeness (QED) is 0.923. The highest BCUT2D eigenvalue weighted by molar-refractivity contribution is 5.86. The molecule has 0 spiro atoms. The predicted molar refractivity (Wildman–Crippen MR) is 66.2 cm³/mol. The fourth-order valence-electron chi connectivity index (χ4n) is 1.97. The third-order valence-corrected chi connectivity index (χ3v) is 2.86. The molecule has 1 N–H and O–H groups in total. The molecule has 3 nitrogen and oxygen atoms in total. The second kappa shape index (κ2) is 5.22. The molecule has 1 heterocycles. The largest absolute Gasteiger partial charge is 0.477 e. The van der Waals surface area contributed by atoms with Crippen LogP contribution in [0.2, 0.25) is 0 Å². The first-order valence-corrected chi connectivity index (χ1v) is 5.87. The zero-order valence-corrected chi connectivity index (χ0v) is 10.4. The first-order chi connectivity index (χ1) is 8.99. The molecule has 0 saturated carbocycles. The third kappa shape index (κ3) is 2.99. The van der Waals surface area contributed by atoms with E-state index in [1.54, 1.807) is 12.3 Å². The molecule has 0 saturated heterocycles. The Morgan fingerprint density at radius 2 is 1.79 bits per heavy atom. The van der Waals surface area contributed by atoms with Gasteiger partial charge in [-0.25, -0.2) is 13.6 Å². The molecule has 0 amide bonds. The van der Waals surface area contributed by atoms with Crippen LogP contribution in [0.25, 0.3) is 0 Å². The van der Waals surface area contributed by atoms with Crippen LogP contribution in [-0.2, 0) is 13.0 Å². The Hall–Kier alpha value is -2.17. The lowest BCUT2D eigenvalue weighted by molar-refractivity contribution is 0.0685. The van der Waals surface area contributed by atoms with E-state index >= 15 is 0 Å². The summed E-state index contributed by atoms with van der Waals surface area (Å²) in [5.74, 6) is -2.40. The number of hydrogen-bond donors (Lipinski definition) is 1. The van der Waals surface area contributed by atoms with Gasteiger partial charge in [-0.05, 0) is 35.7 Å². The summed E-state index contributed by atoms with van der Waals surface area (Å²) in [6, 6.07) is 4.74. The van der Waals surface area contributed by atoms with Crippen molar-refractivity contribution in [2.45, 2.75) is 19.9 Å². The number of nitrogens with zero attached hydrogens (tertiary/aromatic N) is 1. The Bertz CT molecular complexity index is 600. The minimum absolute atomic E-state index is 0.113. The molecule has 5 heteroatoms. The van der Waals surface area contributed by atoms with E-state index in [0.717, 1.165) is 11.6 Å². The number of aromatic carboxylic acids is 1. The van der Waals surface area contributed by atoms with E-state index in [0.29, 0.717) is 12.0 Å². The van der Waals surface area contributed by atoms with Gasteiger partial charge in [0.1, 0.15) is 17.3 Å². The van der Waals surface area contributed by atoms with Crippen molar-refractivity contribution < 1.29 is 18.7 Å². The molecule has 1 aromatic heterocycles. The van der Waals surface area contributed by atoms with Crippen molar-refractivity contribution in [1.29, 1.82) is 0 Å². The summed E-state index contributed by atoms with van der Waals surface area (Å²) in [5, 5.41) is 9.09. The average molecular weight is 265 g/mol. The van der Waals surface area contributed by atoms with E-state index in [-0.39, 0.29) is 12.2 Å². The van der Waals surface area contributed by atoms with Gasteiger partial charge in [0.25, 0.3) is 0 Å². The number of aromatic nitrogens is 1. The number of carboxylic acid groups (broad SMARTS) is 1. The molecule has 0 aliphatic carbocycles. The first kappa shape index (κ1) is 13.3. The molecule has 0 fully saturated rings. The van der Waals surface area contributed by atoms with Crippen LogP contribution in [0.15, 0.2) is 30.5 Å². The van der Waals surface area contributed by atoms with Crippen molar-refractivity contribution in [3.63, 3.8) is 0 Å². The molecule has 0 radical (unpaired) electrons. The Morgan fingerprint density at radius 3 is 2.32 bits per heavy atom. The number of halogens is 2. The molecule has 0 unspecified atom stereocenters. The van der Waals surface area contributed by atoms with Crippen LogP contribution in [0.3, 0.4) is 0 Å². The Morgan fingerprint density at radius 1 is 1.16 bits per heavy atom. The monoisotopic (exact) mass is 265 g/mol. The Balaban J connectivity index is 2.36. The lowest BCUT2D eigenvalue weighted by Crippen LogP contribution is -2.08. The summed E-state index contributed by atoms with van der Waals surface area (Å²) in [4.78, 5) is 11.1. The molecule has 19 heavy (non-hydrogen) atoms. The van der Waals surface area contributed by atoms with E-state index in [4.69, 9.17) is 5.11 Å². The third-order valence-electron chi connectivity index (χ3n) is 2.86. The van der Waals surface area contributed by atoms with Crippen molar-refractivity contribution in [2.75, 3.05) is 0 Å². The van der Waals surface area contributed by atoms with Crippen molar-refractivity contribution in [3.05, 3.63) is 58.9 Å². The Kier molecular flexibility index (Phi) is 3.64. The number of rotatable bonds is 4. The van der Waals surface area contributed by atoms with Crippen LogP contribution in [0.5, 0.6) is 0 Å². The fourth-order valence-corrected chi connectivity index (χ4v) is 1.97. The second-order valence-electron chi connectivity index (χ2n) is 4.30. The van der Waals surface area contributed by atoms with Gasteiger partial charge >= 0.3 is 5.97 Å². The van der Waals surface area contributed by atoms with E-state index in [1.165, 1.54) is 16.7 Å². The predicted octanol–water partition coefficient (Wildman–Crippen LogP) is 3.08. The van der Waals surface area contributed by atoms with Crippen LogP contribution in [0, 0.1) is 11.6 Å². The zero-order valence-electron chi connectivity index (χ0n) is 10.4. The molecule has 1 aromatic carbocycles. The summed E-state index contributed by atoms with van der Waals surface area (Å²) >= 11 is 0. The van der Waals surface area contributed by atoms with Gasteiger partial charge in [0, 0.05) is 18.8 Å². The summed E-state index contributed by atoms with van der Waals surface area (Å²) in [7, 11) is 0. The van der Waals surface area contributed by atoms with Crippen LogP contribution in [-0.4, -0.2) is 15.6 Å². The highest BCUT2D eigenvalue weighted by Crippen LogP contribution is 2.14. The SMILES string of the molecule is CCc1cc(C(=O)O)n(Cc2cc(F)cc(F)c2)c1. The average Bonchev–Trinajstić information content (AvgIpc) is 2.71. The van der Waals surface area contributed by atoms with E-state index in [9.17, 15) is 13.6 Å². The highest BCUT2D eigenvalue weighted by Gasteiger charge is 2.12. The number of carboxylic acids is 1. The fraction of sp³-hybridized carbons (Fsp3) is 0.214. The lowest BCUT2D eigenvalue weighted by atomic mass is 10.2. The molecular weight excluding hydrogens is 252 g/mol. The van der Waals surface area contributed by atoms with Gasteiger partial charge < -0.3 is 9.67 Å². The summed E-state index contributed by atoms with van der Waals surface area (Å²) in [5.41, 5.74) is 1.37. The highest BCUT2D eigenvalue weighted by atomic mass is 19.1. The molecule has 2 aromatic rings. The second-order valence-corrected chi connectivity index (χ2v) is 4.30. The van der Waals surface area contributed by atoms with E-state index in [1.807, 2.05) is 6.92 Å². The number of aryl methyl sites for hydroxylation is 1. The minimum Gasteiger partial charge on any atom is -0.477 e. The minimum atomic E-state index is -1.06. The van der Waals surface area contributed by atoms with Crippen molar-refractivity contribution in [3.8, 4) is 0 Å². The smallest absolute Gasteiger partial charge is 0.352 e. The lowest BCUT2D eigenvalue weighted by Gasteiger charge is -2.07. The van der Waals surface area contributed by atoms with Gasteiger partial charge in [0.15, 0.2) is 0 Å². The summed E-state index contributed by atoms with van der Waals surface area (Å²) < 4.78 is 27.7. The van der Waals surface area contributed by atoms with Crippen LogP contribution in [0.4, 0.5) is 8.78 Å². The zero-order chi connectivity index (χ0) is 14.0. The maximum Gasteiger partial charge on any atom is 0.352 e. The van der Waals surface area contributed by atoms with Gasteiger partial charge in [-0.2, -0.15) is 0 Å². The standard InChI is InChI=1S/C14H13F2NO2/c1-2-9-5-13(14(18)19)17(7-9)8-10-3-11(15)6-12(16)4-10/h3-7H,2,8H2,1H3,(H,18,19). The van der Waals surface area contributed by atoms with Gasteiger partial charge in [-0.15, -0.1) is 0 Å². The van der Waals surface area contributed by atoms with Gasteiger partial charge in [-0.3, -0.25) is 0 Å². The molecule has 100 valence electrons. The maximum absolute atomic E-state index is 13.1. The van der Waals surface area contributed by atoms with E-state index < -0.39 is 17.6 Å². The van der Waals surface area contributed by atoms with E-state index in [2.05, 4.69) is 0 Å². The molecule has 0 aliphatic rings. The first-order valence-electron chi connectivity index (χ1n) is 5.87. The van der Waals surface area contributed by atoms with Crippen molar-refractivity contribution in [2.24, 2.45) is 0 Å². The topological polar surface area (TPSA) is 42.2 Å². The van der Waals surface area contributed by atoms with Crippen LogP contribution in [0.1, 0.15) is 28.5 Å². The van der Waals surface area contributed by atoms with Crippen molar-refractivity contribution in [1.82, 2.24) is 4.57 Å². The summed E-state index contributed by atoms with van der Waals surface area (Å²) in [6.45, 7) is 2.03. The molecule has 2 rings (SSSR count). The molecule has 0 atom stereocenters. The molecule has 0 bridgehead atoms. The van der Waals surface area contributed by atoms with Gasteiger partial charge in [0.05, 0.1) is 0 Å². The number of benzene rings is 1. The van der Waals surface area contributed by atoms with Gasteiger partial charge in [0.2, 0.25) is 0 Å². The summed E-state index contributed by atoms with van der Waals surface area (Å²) in [6.07, 6.45) is 2.39. The normalized spacial score (nSPS) is 10.7. The van der Waals surface area contributed by atoms with Crippen LogP contribution >= 0.6 is 0 Å². The number of carbonyl (C=O) groups is 1. The van der Waals surface area contributed by atoms with Crippen molar-refractivity contribution >= 4 is 5.97 Å². The van der Waals surface area contributed by atoms with Gasteiger partial charge in [-0.1, -0.05) is 6.92 Å². The maximum atomic E-state index is 13.1. The Labute approximate surface area is 109 Å². The molecular formula is C14H13F2NO2. The van der Waals surface area contributed by atoms with Crippen LogP contribution < -0.4 is 0 Å². The molecule has 0 aliphatic heterocycles. The number of hydrogen-bond acceptors (Lipinski definition) is 1.